The third-order valence-electron chi connectivity index (χ3n) is 5.46. The van der Waals surface area contributed by atoms with Gasteiger partial charge in [0.2, 0.25) is 0 Å². The van der Waals surface area contributed by atoms with E-state index in [-0.39, 0.29) is 12.5 Å². The molecular weight excluding hydrogens is 302 g/mol. The van der Waals surface area contributed by atoms with E-state index >= 15 is 0 Å². The third kappa shape index (κ3) is 3.30. The molecule has 5 nitrogen and oxygen atoms in total. The van der Waals surface area contributed by atoms with Gasteiger partial charge in [-0.3, -0.25) is 4.79 Å². The summed E-state index contributed by atoms with van der Waals surface area (Å²) in [4.78, 5) is 11.9. The highest BCUT2D eigenvalue weighted by Crippen LogP contribution is 2.58. The highest BCUT2D eigenvalue weighted by molar-refractivity contribution is 5.84. The Labute approximate surface area is 143 Å². The zero-order chi connectivity index (χ0) is 17.2. The minimum atomic E-state index is -0.163. The second kappa shape index (κ2) is 6.67. The number of methoxy groups -OCH3 is 1. The van der Waals surface area contributed by atoms with Crippen LogP contribution in [0.3, 0.4) is 0 Å². The van der Waals surface area contributed by atoms with E-state index < -0.39 is 0 Å². The van der Waals surface area contributed by atoms with Gasteiger partial charge in [-0.25, -0.2) is 5.43 Å². The van der Waals surface area contributed by atoms with Crippen molar-refractivity contribution in [3.05, 3.63) is 35.9 Å². The number of fused-ring (bicyclic) bond motifs is 1. The Bertz CT molecular complexity index is 662. The van der Waals surface area contributed by atoms with Crippen molar-refractivity contribution in [1.29, 1.82) is 0 Å². The van der Waals surface area contributed by atoms with Gasteiger partial charge >= 0.3 is 0 Å². The predicted molar refractivity (Wildman–Crippen MR) is 96.2 cm³/mol. The smallest absolute Gasteiger partial charge is 0.259 e. The van der Waals surface area contributed by atoms with Crippen LogP contribution in [0.5, 0.6) is 5.75 Å². The SMILES string of the molecule is COc1ccc(NCC(=O)NN=CC2=CCC3CC2C3(C)C)cc1. The number of rotatable bonds is 6. The molecule has 0 saturated heterocycles. The maximum absolute atomic E-state index is 11.9. The molecule has 2 atom stereocenters. The van der Waals surface area contributed by atoms with Crippen LogP contribution in [-0.2, 0) is 4.79 Å². The molecule has 0 spiro atoms. The van der Waals surface area contributed by atoms with E-state index in [0.29, 0.717) is 11.3 Å². The molecule has 2 N–H and O–H groups in total. The Hall–Kier alpha value is -2.30. The van der Waals surface area contributed by atoms with Crippen molar-refractivity contribution < 1.29 is 9.53 Å². The maximum Gasteiger partial charge on any atom is 0.259 e. The number of nitrogens with zero attached hydrogens (tertiary/aromatic N) is 1. The highest BCUT2D eigenvalue weighted by atomic mass is 16.5. The number of carbonyl (C=O) groups excluding carboxylic acids is 1. The van der Waals surface area contributed by atoms with Crippen molar-refractivity contribution in [2.75, 3.05) is 19.0 Å². The molecule has 4 rings (SSSR count). The van der Waals surface area contributed by atoms with E-state index in [4.69, 9.17) is 4.74 Å². The lowest BCUT2D eigenvalue weighted by Crippen LogP contribution is -2.48. The summed E-state index contributed by atoms with van der Waals surface area (Å²) in [7, 11) is 1.63. The first-order valence-electron chi connectivity index (χ1n) is 8.40. The molecule has 5 heteroatoms. The van der Waals surface area contributed by atoms with Gasteiger partial charge in [-0.15, -0.1) is 0 Å². The Kier molecular flexibility index (Phi) is 4.60. The first-order chi connectivity index (χ1) is 11.5. The lowest BCUT2D eigenvalue weighted by molar-refractivity contribution is -0.119. The number of allylic oxidation sites excluding steroid dienone is 2. The van der Waals surface area contributed by atoms with Gasteiger partial charge in [0.1, 0.15) is 5.75 Å². The average molecular weight is 327 g/mol. The lowest BCUT2D eigenvalue weighted by atomic mass is 9.49. The molecule has 128 valence electrons. The van der Waals surface area contributed by atoms with E-state index in [1.807, 2.05) is 30.5 Å². The molecule has 2 unspecified atom stereocenters. The summed E-state index contributed by atoms with van der Waals surface area (Å²) >= 11 is 0. The molecule has 1 aromatic rings. The monoisotopic (exact) mass is 327 g/mol. The first-order valence-corrected chi connectivity index (χ1v) is 8.40. The molecule has 0 aromatic heterocycles. The highest BCUT2D eigenvalue weighted by Gasteiger charge is 2.50. The van der Waals surface area contributed by atoms with Crippen LogP contribution in [0.4, 0.5) is 5.69 Å². The Balaban J connectivity index is 1.45. The number of amides is 1. The average Bonchev–Trinajstić information content (AvgIpc) is 2.60. The van der Waals surface area contributed by atoms with Crippen molar-refractivity contribution in [1.82, 2.24) is 5.43 Å². The number of ether oxygens (including phenoxy) is 1. The molecule has 1 saturated carbocycles. The summed E-state index contributed by atoms with van der Waals surface area (Å²) < 4.78 is 5.10. The predicted octanol–water partition coefficient (Wildman–Crippen LogP) is 3.20. The lowest BCUT2D eigenvalue weighted by Gasteiger charge is -2.55. The standard InChI is InChI=1S/C19H25N3O2/c1-19(2)14-5-4-13(17(19)10-14)11-21-22-18(23)12-20-15-6-8-16(24-3)9-7-15/h4,6-9,11,14,17,20H,5,10,12H2,1-3H3,(H,22,23). The topological polar surface area (TPSA) is 62.7 Å². The molecule has 0 heterocycles. The summed E-state index contributed by atoms with van der Waals surface area (Å²) in [6.07, 6.45) is 6.44. The second-order valence-electron chi connectivity index (χ2n) is 7.12. The third-order valence-corrected chi connectivity index (χ3v) is 5.46. The number of carbonyl (C=O) groups is 1. The number of benzene rings is 1. The van der Waals surface area contributed by atoms with Gasteiger partial charge in [0.25, 0.3) is 5.91 Å². The van der Waals surface area contributed by atoms with E-state index in [1.165, 1.54) is 12.0 Å². The summed E-state index contributed by atoms with van der Waals surface area (Å²) in [5.41, 5.74) is 5.08. The van der Waals surface area contributed by atoms with E-state index in [1.54, 1.807) is 7.11 Å². The van der Waals surface area contributed by atoms with E-state index in [9.17, 15) is 4.79 Å². The van der Waals surface area contributed by atoms with Crippen molar-refractivity contribution >= 4 is 17.8 Å². The van der Waals surface area contributed by atoms with Crippen molar-refractivity contribution in [3.63, 3.8) is 0 Å². The van der Waals surface area contributed by atoms with Gasteiger partial charge in [0, 0.05) is 5.69 Å². The summed E-state index contributed by atoms with van der Waals surface area (Å²) in [5.74, 6) is 2.01. The Morgan fingerprint density at radius 2 is 2.12 bits per heavy atom. The Morgan fingerprint density at radius 3 is 2.75 bits per heavy atom. The van der Waals surface area contributed by atoms with Gasteiger partial charge in [-0.1, -0.05) is 19.9 Å². The number of hydrogen-bond donors (Lipinski definition) is 2. The van der Waals surface area contributed by atoms with Crippen molar-refractivity contribution in [2.45, 2.75) is 26.7 Å². The minimum Gasteiger partial charge on any atom is -0.497 e. The fourth-order valence-electron chi connectivity index (χ4n) is 3.65. The second-order valence-corrected chi connectivity index (χ2v) is 7.12. The van der Waals surface area contributed by atoms with Crippen LogP contribution in [0.2, 0.25) is 0 Å². The molecule has 3 aliphatic carbocycles. The largest absolute Gasteiger partial charge is 0.497 e. The molecule has 2 bridgehead atoms. The number of hydrogen-bond acceptors (Lipinski definition) is 4. The molecule has 1 amide bonds. The zero-order valence-corrected chi connectivity index (χ0v) is 14.5. The molecular formula is C19H25N3O2. The van der Waals surface area contributed by atoms with Gasteiger partial charge in [-0.05, 0) is 59.9 Å². The summed E-state index contributed by atoms with van der Waals surface area (Å²) in [5, 5.41) is 7.18. The van der Waals surface area contributed by atoms with Gasteiger partial charge in [0.05, 0.1) is 19.9 Å². The number of nitrogens with one attached hydrogen (secondary N) is 2. The van der Waals surface area contributed by atoms with Crippen LogP contribution < -0.4 is 15.5 Å². The first kappa shape index (κ1) is 16.6. The van der Waals surface area contributed by atoms with Crippen LogP contribution in [0.15, 0.2) is 41.0 Å². The summed E-state index contributed by atoms with van der Waals surface area (Å²) in [6.45, 7) is 4.83. The number of anilines is 1. The van der Waals surface area contributed by atoms with Crippen LogP contribution in [0.1, 0.15) is 26.7 Å². The fourth-order valence-corrected chi connectivity index (χ4v) is 3.65. The Morgan fingerprint density at radius 1 is 1.38 bits per heavy atom. The molecule has 24 heavy (non-hydrogen) atoms. The van der Waals surface area contributed by atoms with Crippen LogP contribution in [0.25, 0.3) is 0 Å². The van der Waals surface area contributed by atoms with Crippen LogP contribution >= 0.6 is 0 Å². The van der Waals surface area contributed by atoms with E-state index in [0.717, 1.165) is 23.8 Å². The van der Waals surface area contributed by atoms with E-state index in [2.05, 4.69) is 35.8 Å². The quantitative estimate of drug-likeness (QED) is 0.623. The minimum absolute atomic E-state index is 0.163. The molecule has 0 aliphatic heterocycles. The van der Waals surface area contributed by atoms with Gasteiger partial charge in [0.15, 0.2) is 0 Å². The molecule has 1 fully saturated rings. The fraction of sp³-hybridized carbons (Fsp3) is 0.474. The van der Waals surface area contributed by atoms with Crippen molar-refractivity contribution in [2.24, 2.45) is 22.4 Å². The van der Waals surface area contributed by atoms with Crippen molar-refractivity contribution in [3.8, 4) is 5.75 Å². The maximum atomic E-state index is 11.9. The molecule has 3 aliphatic rings. The molecule has 0 radical (unpaired) electrons. The molecule has 1 aromatic carbocycles. The summed E-state index contributed by atoms with van der Waals surface area (Å²) in [6, 6.07) is 7.44. The van der Waals surface area contributed by atoms with Crippen LogP contribution in [-0.4, -0.2) is 25.8 Å². The zero-order valence-electron chi connectivity index (χ0n) is 14.5. The number of hydrazone groups is 1. The normalized spacial score (nSPS) is 24.0. The van der Waals surface area contributed by atoms with Gasteiger partial charge < -0.3 is 10.1 Å². The van der Waals surface area contributed by atoms with Crippen LogP contribution in [0, 0.1) is 17.3 Å². The van der Waals surface area contributed by atoms with Gasteiger partial charge in [-0.2, -0.15) is 5.10 Å².